The number of amides is 1. The highest BCUT2D eigenvalue weighted by molar-refractivity contribution is 9.10. The highest BCUT2D eigenvalue weighted by Crippen LogP contribution is 2.35. The number of nitrogens with one attached hydrogen (secondary N) is 1. The molecule has 0 atom stereocenters. The Hall–Kier alpha value is -3.37. The summed E-state index contributed by atoms with van der Waals surface area (Å²) in [4.78, 5) is 13.2. The molecular weight excluding hydrogens is 513 g/mol. The van der Waals surface area contributed by atoms with Gasteiger partial charge in [-0.2, -0.15) is 5.10 Å². The first kappa shape index (κ1) is 21.5. The van der Waals surface area contributed by atoms with E-state index in [1.54, 1.807) is 41.2 Å². The first-order chi connectivity index (χ1) is 16.0. The monoisotopic (exact) mass is 529 g/mol. The van der Waals surface area contributed by atoms with Gasteiger partial charge in [-0.25, -0.2) is 4.39 Å². The number of anilines is 1. The van der Waals surface area contributed by atoms with Crippen LogP contribution in [0, 0.1) is 5.82 Å². The highest BCUT2D eigenvalue weighted by Gasteiger charge is 2.16. The lowest BCUT2D eigenvalue weighted by atomic mass is 10.2. The van der Waals surface area contributed by atoms with Crippen LogP contribution >= 0.6 is 27.3 Å². The number of aromatic nitrogens is 2. The summed E-state index contributed by atoms with van der Waals surface area (Å²) in [7, 11) is 0. The summed E-state index contributed by atoms with van der Waals surface area (Å²) >= 11 is 4.75. The molecule has 1 aliphatic heterocycles. The number of fused-ring (bicyclic) bond motifs is 1. The van der Waals surface area contributed by atoms with Crippen molar-refractivity contribution < 1.29 is 23.4 Å². The summed E-state index contributed by atoms with van der Waals surface area (Å²) in [6.45, 7) is 0.983. The normalized spacial score (nSPS) is 12.1. The number of halogens is 2. The zero-order valence-corrected chi connectivity index (χ0v) is 19.5. The minimum atomic E-state index is -0.287. The number of carbonyl (C=O) groups excluding carboxylic acids is 1. The fourth-order valence-electron chi connectivity index (χ4n) is 3.21. The maximum Gasteiger partial charge on any atom is 0.266 e. The Labute approximate surface area is 200 Å². The van der Waals surface area contributed by atoms with Crippen molar-refractivity contribution >= 4 is 39.0 Å². The van der Waals surface area contributed by atoms with Gasteiger partial charge in [0.25, 0.3) is 5.91 Å². The number of hydrogen-bond donors (Lipinski definition) is 1. The van der Waals surface area contributed by atoms with Gasteiger partial charge in [0.1, 0.15) is 18.2 Å². The van der Waals surface area contributed by atoms with E-state index in [2.05, 4.69) is 26.3 Å². The topological polar surface area (TPSA) is 74.6 Å². The van der Waals surface area contributed by atoms with Gasteiger partial charge in [0.05, 0.1) is 15.9 Å². The molecule has 0 saturated heterocycles. The van der Waals surface area contributed by atoms with Gasteiger partial charge in [-0.15, -0.1) is 11.3 Å². The van der Waals surface area contributed by atoms with Crippen LogP contribution < -0.4 is 19.5 Å². The lowest BCUT2D eigenvalue weighted by Gasteiger charge is -2.05. The molecule has 5 rings (SSSR count). The van der Waals surface area contributed by atoms with Crippen molar-refractivity contribution in [1.82, 2.24) is 9.78 Å². The predicted molar refractivity (Wildman–Crippen MR) is 125 cm³/mol. The molecule has 0 bridgehead atoms. The lowest BCUT2D eigenvalue weighted by Crippen LogP contribution is -2.11. The number of hydrogen-bond acceptors (Lipinski definition) is 6. The highest BCUT2D eigenvalue weighted by atomic mass is 79.9. The van der Waals surface area contributed by atoms with Crippen LogP contribution in [0.5, 0.6) is 17.2 Å². The van der Waals surface area contributed by atoms with Gasteiger partial charge in [0, 0.05) is 17.8 Å². The molecule has 3 heterocycles. The third-order valence-corrected chi connectivity index (χ3v) is 6.39. The zero-order valence-electron chi connectivity index (χ0n) is 17.1. The summed E-state index contributed by atoms with van der Waals surface area (Å²) in [6.07, 6.45) is 1.76. The second kappa shape index (κ2) is 9.24. The van der Waals surface area contributed by atoms with Crippen molar-refractivity contribution in [3.63, 3.8) is 0 Å². The fraction of sp³-hybridized carbons (Fsp3) is 0.130. The Balaban J connectivity index is 1.19. The summed E-state index contributed by atoms with van der Waals surface area (Å²) in [5.41, 5.74) is 1.78. The van der Waals surface area contributed by atoms with Gasteiger partial charge < -0.3 is 19.5 Å². The van der Waals surface area contributed by atoms with Crippen molar-refractivity contribution in [2.75, 3.05) is 12.1 Å². The molecule has 0 saturated carbocycles. The first-order valence-electron chi connectivity index (χ1n) is 9.92. The molecule has 0 unspecified atom stereocenters. The standard InChI is InChI=1S/C23H17BrFN3O4S/c24-18-10-28(9-14-1-3-16(25)4-2-14)27-22(18)26-23(29)21-7-15(12-33-21)11-30-17-5-6-19-20(8-17)32-13-31-19/h1-8,10,12H,9,11,13H2,(H,26,27,29). The van der Waals surface area contributed by atoms with Crippen molar-refractivity contribution in [2.24, 2.45) is 0 Å². The Kier molecular flexibility index (Phi) is 6.01. The van der Waals surface area contributed by atoms with E-state index in [1.165, 1.54) is 23.5 Å². The van der Waals surface area contributed by atoms with Crippen molar-refractivity contribution in [3.05, 3.63) is 86.4 Å². The van der Waals surface area contributed by atoms with Crippen LogP contribution in [0.25, 0.3) is 0 Å². The largest absolute Gasteiger partial charge is 0.489 e. The number of ether oxygens (including phenoxy) is 3. The quantitative estimate of drug-likeness (QED) is 0.344. The van der Waals surface area contributed by atoms with Crippen LogP contribution in [0.1, 0.15) is 20.8 Å². The molecule has 0 spiro atoms. The van der Waals surface area contributed by atoms with Crippen LogP contribution in [-0.4, -0.2) is 22.5 Å². The second-order valence-corrected chi connectivity index (χ2v) is 8.99. The third-order valence-electron chi connectivity index (χ3n) is 4.83. The van der Waals surface area contributed by atoms with E-state index >= 15 is 0 Å². The smallest absolute Gasteiger partial charge is 0.266 e. The average molecular weight is 530 g/mol. The van der Waals surface area contributed by atoms with Gasteiger partial charge in [-0.05, 0) is 57.2 Å². The maximum atomic E-state index is 13.1. The number of nitrogens with zero attached hydrogens (tertiary/aromatic N) is 2. The molecular formula is C23H17BrFN3O4S. The Morgan fingerprint density at radius 3 is 2.82 bits per heavy atom. The van der Waals surface area contributed by atoms with E-state index in [1.807, 2.05) is 11.4 Å². The maximum absolute atomic E-state index is 13.1. The van der Waals surface area contributed by atoms with Crippen LogP contribution in [0.3, 0.4) is 0 Å². The Morgan fingerprint density at radius 2 is 1.97 bits per heavy atom. The second-order valence-electron chi connectivity index (χ2n) is 7.23. The molecule has 2 aromatic heterocycles. The molecule has 7 nitrogen and oxygen atoms in total. The summed E-state index contributed by atoms with van der Waals surface area (Å²) < 4.78 is 31.9. The average Bonchev–Trinajstić information content (AvgIpc) is 3.54. The minimum Gasteiger partial charge on any atom is -0.489 e. The van der Waals surface area contributed by atoms with E-state index in [0.29, 0.717) is 45.6 Å². The van der Waals surface area contributed by atoms with Gasteiger partial charge in [0.2, 0.25) is 6.79 Å². The van der Waals surface area contributed by atoms with E-state index in [-0.39, 0.29) is 18.5 Å². The number of rotatable bonds is 7. The van der Waals surface area contributed by atoms with Gasteiger partial charge >= 0.3 is 0 Å². The van der Waals surface area contributed by atoms with Crippen LogP contribution in [0.4, 0.5) is 10.2 Å². The van der Waals surface area contributed by atoms with Gasteiger partial charge in [-0.3, -0.25) is 9.48 Å². The summed E-state index contributed by atoms with van der Waals surface area (Å²) in [5.74, 6) is 1.87. The van der Waals surface area contributed by atoms with E-state index in [4.69, 9.17) is 14.2 Å². The molecule has 1 N–H and O–H groups in total. The predicted octanol–water partition coefficient (Wildman–Crippen LogP) is 5.45. The molecule has 2 aromatic carbocycles. The van der Waals surface area contributed by atoms with Gasteiger partial charge in [0.15, 0.2) is 17.3 Å². The number of thiophene rings is 1. The molecule has 168 valence electrons. The van der Waals surface area contributed by atoms with Crippen molar-refractivity contribution in [3.8, 4) is 17.2 Å². The van der Waals surface area contributed by atoms with Gasteiger partial charge in [-0.1, -0.05) is 12.1 Å². The molecule has 1 amide bonds. The molecule has 0 fully saturated rings. The summed E-state index contributed by atoms with van der Waals surface area (Å²) in [5, 5.41) is 9.10. The first-order valence-corrected chi connectivity index (χ1v) is 11.6. The minimum absolute atomic E-state index is 0.211. The summed E-state index contributed by atoms with van der Waals surface area (Å²) in [6, 6.07) is 13.4. The zero-order chi connectivity index (χ0) is 22.8. The fourth-order valence-corrected chi connectivity index (χ4v) is 4.42. The SMILES string of the molecule is O=C(Nc1nn(Cc2ccc(F)cc2)cc1Br)c1cc(COc2ccc3c(c2)OCO3)cs1. The third kappa shape index (κ3) is 5.01. The van der Waals surface area contributed by atoms with Crippen molar-refractivity contribution in [1.29, 1.82) is 0 Å². The number of benzene rings is 2. The molecule has 10 heteroatoms. The number of carbonyl (C=O) groups is 1. The van der Waals surface area contributed by atoms with E-state index in [0.717, 1.165) is 11.1 Å². The Morgan fingerprint density at radius 1 is 1.15 bits per heavy atom. The van der Waals surface area contributed by atoms with E-state index < -0.39 is 0 Å². The molecule has 0 aliphatic carbocycles. The lowest BCUT2D eigenvalue weighted by molar-refractivity contribution is 0.103. The van der Waals surface area contributed by atoms with Crippen LogP contribution in [0.2, 0.25) is 0 Å². The van der Waals surface area contributed by atoms with Crippen molar-refractivity contribution in [2.45, 2.75) is 13.2 Å². The molecule has 33 heavy (non-hydrogen) atoms. The van der Waals surface area contributed by atoms with Crippen LogP contribution in [-0.2, 0) is 13.2 Å². The Bertz CT molecular complexity index is 1310. The van der Waals surface area contributed by atoms with Crippen LogP contribution in [0.15, 0.2) is 64.6 Å². The van der Waals surface area contributed by atoms with E-state index in [9.17, 15) is 9.18 Å². The molecule has 1 aliphatic rings. The molecule has 0 radical (unpaired) electrons. The molecule has 4 aromatic rings.